The number of aromatic nitrogens is 2. The van der Waals surface area contributed by atoms with Crippen molar-refractivity contribution in [2.45, 2.75) is 50.5 Å². The maximum atomic E-state index is 12.6. The first-order valence-corrected chi connectivity index (χ1v) is 8.56. The third kappa shape index (κ3) is 2.52. The molecule has 24 heavy (non-hydrogen) atoms. The lowest BCUT2D eigenvalue weighted by Gasteiger charge is -2.28. The van der Waals surface area contributed by atoms with Gasteiger partial charge in [0.05, 0.1) is 11.6 Å². The molecule has 0 radical (unpaired) electrons. The van der Waals surface area contributed by atoms with Gasteiger partial charge in [-0.05, 0) is 30.5 Å². The number of fused-ring (bicyclic) bond motifs is 1. The third-order valence-electron chi connectivity index (χ3n) is 5.17. The Balaban J connectivity index is 1.81. The van der Waals surface area contributed by atoms with Crippen LogP contribution in [0, 0.1) is 0 Å². The summed E-state index contributed by atoms with van der Waals surface area (Å²) in [4.78, 5) is 24.8. The number of rotatable bonds is 2. The molecule has 2 aromatic rings. The molecule has 0 spiro atoms. The molecule has 6 heteroatoms. The number of hydrogen-bond donors (Lipinski definition) is 3. The van der Waals surface area contributed by atoms with Crippen LogP contribution in [-0.2, 0) is 4.79 Å². The van der Waals surface area contributed by atoms with E-state index in [0.29, 0.717) is 11.4 Å². The van der Waals surface area contributed by atoms with Crippen LogP contribution in [0.15, 0.2) is 29.1 Å². The second-order valence-electron chi connectivity index (χ2n) is 6.76. The van der Waals surface area contributed by atoms with E-state index in [4.69, 9.17) is 0 Å². The van der Waals surface area contributed by atoms with Gasteiger partial charge in [-0.3, -0.25) is 19.4 Å². The number of hydrogen-bond acceptors (Lipinski definition) is 3. The normalized spacial score (nSPS) is 21.3. The van der Waals surface area contributed by atoms with Gasteiger partial charge in [-0.1, -0.05) is 31.4 Å². The van der Waals surface area contributed by atoms with Crippen LogP contribution < -0.4 is 10.9 Å². The van der Waals surface area contributed by atoms with Crippen molar-refractivity contribution in [3.63, 3.8) is 0 Å². The molecule has 1 fully saturated rings. The van der Waals surface area contributed by atoms with Crippen molar-refractivity contribution in [1.82, 2.24) is 9.78 Å². The molecule has 0 saturated heterocycles. The van der Waals surface area contributed by atoms with E-state index in [1.807, 2.05) is 10.7 Å². The Morgan fingerprint density at radius 2 is 1.92 bits per heavy atom. The highest BCUT2D eigenvalue weighted by molar-refractivity contribution is 5.94. The number of phenols is 1. The maximum Gasteiger partial charge on any atom is 0.270 e. The number of aromatic amines is 1. The van der Waals surface area contributed by atoms with Gasteiger partial charge in [0.1, 0.15) is 11.6 Å². The Labute approximate surface area is 139 Å². The first-order chi connectivity index (χ1) is 11.6. The van der Waals surface area contributed by atoms with Gasteiger partial charge < -0.3 is 10.4 Å². The highest BCUT2D eigenvalue weighted by Crippen LogP contribution is 2.38. The lowest BCUT2D eigenvalue weighted by atomic mass is 9.87. The van der Waals surface area contributed by atoms with E-state index in [1.165, 1.54) is 6.42 Å². The number of nitrogens with one attached hydrogen (secondary N) is 2. The average molecular weight is 327 g/mol. The van der Waals surface area contributed by atoms with Crippen LogP contribution in [0.4, 0.5) is 5.82 Å². The van der Waals surface area contributed by atoms with Crippen molar-refractivity contribution < 1.29 is 9.90 Å². The number of carbonyl (C=O) groups excluding carboxylic acids is 1. The zero-order valence-corrected chi connectivity index (χ0v) is 13.4. The van der Waals surface area contributed by atoms with Gasteiger partial charge in [0, 0.05) is 12.3 Å². The van der Waals surface area contributed by atoms with Gasteiger partial charge >= 0.3 is 0 Å². The molecule has 0 bridgehead atoms. The number of carbonyl (C=O) groups is 1. The summed E-state index contributed by atoms with van der Waals surface area (Å²) in [6.07, 6.45) is 5.76. The Morgan fingerprint density at radius 1 is 1.12 bits per heavy atom. The fraction of sp³-hybridized carbons (Fsp3) is 0.444. The van der Waals surface area contributed by atoms with Crippen molar-refractivity contribution in [3.05, 3.63) is 45.7 Å². The highest BCUT2D eigenvalue weighted by atomic mass is 16.3. The number of amides is 1. The van der Waals surface area contributed by atoms with Crippen LogP contribution >= 0.6 is 0 Å². The summed E-state index contributed by atoms with van der Waals surface area (Å²) in [6.45, 7) is 0. The topological polar surface area (TPSA) is 87.1 Å². The Morgan fingerprint density at radius 3 is 2.67 bits per heavy atom. The van der Waals surface area contributed by atoms with E-state index in [1.54, 1.807) is 18.2 Å². The molecular weight excluding hydrogens is 306 g/mol. The first kappa shape index (κ1) is 15.1. The molecule has 1 aromatic heterocycles. The monoisotopic (exact) mass is 327 g/mol. The molecule has 4 rings (SSSR count). The molecule has 1 amide bonds. The average Bonchev–Trinajstić information content (AvgIpc) is 2.91. The lowest BCUT2D eigenvalue weighted by molar-refractivity contribution is -0.116. The van der Waals surface area contributed by atoms with E-state index in [-0.39, 0.29) is 35.6 Å². The minimum absolute atomic E-state index is 0.0978. The van der Waals surface area contributed by atoms with E-state index in [0.717, 1.165) is 31.2 Å². The fourth-order valence-corrected chi connectivity index (χ4v) is 4.02. The molecule has 1 aliphatic heterocycles. The first-order valence-electron chi connectivity index (χ1n) is 8.56. The summed E-state index contributed by atoms with van der Waals surface area (Å²) >= 11 is 0. The van der Waals surface area contributed by atoms with Crippen LogP contribution in [0.5, 0.6) is 5.75 Å². The quantitative estimate of drug-likeness (QED) is 0.792. The molecule has 1 saturated carbocycles. The summed E-state index contributed by atoms with van der Waals surface area (Å²) in [5, 5.41) is 15.6. The smallest absolute Gasteiger partial charge is 0.270 e. The van der Waals surface area contributed by atoms with Gasteiger partial charge in [-0.2, -0.15) is 0 Å². The molecule has 1 unspecified atom stereocenters. The minimum atomic E-state index is -0.325. The number of H-pyrrole nitrogens is 1. The van der Waals surface area contributed by atoms with E-state index in [2.05, 4.69) is 10.4 Å². The van der Waals surface area contributed by atoms with Crippen LogP contribution in [0.1, 0.15) is 61.6 Å². The van der Waals surface area contributed by atoms with Crippen LogP contribution in [-0.4, -0.2) is 20.8 Å². The predicted octanol–water partition coefficient (Wildman–Crippen LogP) is 2.86. The summed E-state index contributed by atoms with van der Waals surface area (Å²) in [5.74, 6) is 0.327. The maximum absolute atomic E-state index is 12.6. The van der Waals surface area contributed by atoms with Crippen molar-refractivity contribution in [2.24, 2.45) is 0 Å². The molecule has 2 heterocycles. The van der Waals surface area contributed by atoms with E-state index in [9.17, 15) is 14.7 Å². The Hall–Kier alpha value is -2.50. The number of nitrogens with zero attached hydrogens (tertiary/aromatic N) is 1. The Bertz CT molecular complexity index is 830. The predicted molar refractivity (Wildman–Crippen MR) is 90.4 cm³/mol. The van der Waals surface area contributed by atoms with Crippen molar-refractivity contribution in [1.29, 1.82) is 0 Å². The second-order valence-corrected chi connectivity index (χ2v) is 6.76. The summed E-state index contributed by atoms with van der Waals surface area (Å²) in [6, 6.07) is 7.04. The minimum Gasteiger partial charge on any atom is -0.508 e. The zero-order chi connectivity index (χ0) is 16.7. The van der Waals surface area contributed by atoms with Gasteiger partial charge in [-0.15, -0.1) is 0 Å². The third-order valence-corrected chi connectivity index (χ3v) is 5.17. The summed E-state index contributed by atoms with van der Waals surface area (Å²) in [5.41, 5.74) is 1.24. The summed E-state index contributed by atoms with van der Waals surface area (Å²) < 4.78 is 1.86. The zero-order valence-electron chi connectivity index (χ0n) is 13.4. The molecule has 1 aromatic carbocycles. The number of phenolic OH excluding ortho intramolecular Hbond substituents is 1. The molecule has 2 aliphatic rings. The SMILES string of the molecule is O=C1CC(c2cccc(O)c2)c2c(n(C3CCCCC3)[nH]c2=O)N1. The standard InChI is InChI=1S/C18H21N3O3/c22-13-8-4-5-11(9-13)14-10-15(23)19-17-16(14)18(24)20-21(17)12-6-2-1-3-7-12/h4-5,8-9,12,14,22H,1-3,6-7,10H2,(H,19,23)(H,20,24). The van der Waals surface area contributed by atoms with E-state index >= 15 is 0 Å². The summed E-state index contributed by atoms with van der Waals surface area (Å²) in [7, 11) is 0. The van der Waals surface area contributed by atoms with Crippen LogP contribution in [0.3, 0.4) is 0 Å². The van der Waals surface area contributed by atoms with E-state index < -0.39 is 0 Å². The van der Waals surface area contributed by atoms with Gasteiger partial charge in [0.15, 0.2) is 0 Å². The number of benzene rings is 1. The number of aromatic hydroxyl groups is 1. The number of anilines is 1. The van der Waals surface area contributed by atoms with Crippen molar-refractivity contribution >= 4 is 11.7 Å². The van der Waals surface area contributed by atoms with Gasteiger partial charge in [-0.25, -0.2) is 0 Å². The molecular formula is C18H21N3O3. The molecule has 1 aliphatic carbocycles. The van der Waals surface area contributed by atoms with Crippen molar-refractivity contribution in [2.75, 3.05) is 5.32 Å². The highest BCUT2D eigenvalue weighted by Gasteiger charge is 2.34. The second kappa shape index (κ2) is 5.85. The lowest BCUT2D eigenvalue weighted by Crippen LogP contribution is -2.27. The molecule has 1 atom stereocenters. The van der Waals surface area contributed by atoms with Crippen LogP contribution in [0.25, 0.3) is 0 Å². The van der Waals surface area contributed by atoms with Crippen molar-refractivity contribution in [3.8, 4) is 5.75 Å². The molecule has 3 N–H and O–H groups in total. The largest absolute Gasteiger partial charge is 0.508 e. The Kier molecular flexibility index (Phi) is 3.67. The van der Waals surface area contributed by atoms with Gasteiger partial charge in [0.2, 0.25) is 5.91 Å². The fourth-order valence-electron chi connectivity index (χ4n) is 4.02. The van der Waals surface area contributed by atoms with Gasteiger partial charge in [0.25, 0.3) is 5.56 Å². The molecule has 6 nitrogen and oxygen atoms in total. The van der Waals surface area contributed by atoms with Crippen LogP contribution in [0.2, 0.25) is 0 Å². The molecule has 126 valence electrons.